The van der Waals surface area contributed by atoms with Crippen LogP contribution in [0.5, 0.6) is 5.75 Å². The van der Waals surface area contributed by atoms with Gasteiger partial charge in [0.1, 0.15) is 17.1 Å². The fourth-order valence-corrected chi connectivity index (χ4v) is 2.55. The molecule has 0 radical (unpaired) electrons. The molecule has 4 nitrogen and oxygen atoms in total. The quantitative estimate of drug-likeness (QED) is 0.778. The number of nitrogens with one attached hydrogen (secondary N) is 1. The van der Waals surface area contributed by atoms with Gasteiger partial charge in [-0.05, 0) is 36.8 Å². The Kier molecular flexibility index (Phi) is 4.33. The van der Waals surface area contributed by atoms with Crippen molar-refractivity contribution < 1.29 is 13.9 Å². The number of hydrogen-bond acceptors (Lipinski definition) is 3. The van der Waals surface area contributed by atoms with Gasteiger partial charge in [0.25, 0.3) is 0 Å². The molecule has 23 heavy (non-hydrogen) atoms. The largest absolute Gasteiger partial charge is 0.497 e. The summed E-state index contributed by atoms with van der Waals surface area (Å²) in [5, 5.41) is 4.01. The molecule has 0 fully saturated rings. The zero-order chi connectivity index (χ0) is 16.2. The van der Waals surface area contributed by atoms with E-state index in [0.717, 1.165) is 28.0 Å². The lowest BCUT2D eigenvalue weighted by molar-refractivity contribution is -0.121. The number of ether oxygens (including phenoxy) is 1. The molecule has 0 bridgehead atoms. The number of para-hydroxylation sites is 1. The SMILES string of the molecule is COc1cccc(CC(=O)NC(C)c2cc3ccccc3o2)c1. The number of carbonyl (C=O) groups excluding carboxylic acids is 1. The molecule has 0 saturated carbocycles. The van der Waals surface area contributed by atoms with E-state index in [4.69, 9.17) is 9.15 Å². The van der Waals surface area contributed by atoms with Crippen LogP contribution in [0.3, 0.4) is 0 Å². The molecule has 3 aromatic rings. The first-order chi connectivity index (χ1) is 11.2. The third kappa shape index (κ3) is 3.54. The van der Waals surface area contributed by atoms with Crippen LogP contribution in [0.25, 0.3) is 11.0 Å². The smallest absolute Gasteiger partial charge is 0.225 e. The Morgan fingerprint density at radius 2 is 2.00 bits per heavy atom. The summed E-state index contributed by atoms with van der Waals surface area (Å²) in [5.74, 6) is 1.46. The van der Waals surface area contributed by atoms with E-state index < -0.39 is 0 Å². The van der Waals surface area contributed by atoms with E-state index in [1.807, 2.05) is 61.5 Å². The Balaban J connectivity index is 1.66. The standard InChI is InChI=1S/C19H19NO3/c1-13(18-12-15-7-3-4-9-17(15)23-18)20-19(21)11-14-6-5-8-16(10-14)22-2/h3-10,12-13H,11H2,1-2H3,(H,20,21). The van der Waals surface area contributed by atoms with Crippen molar-refractivity contribution in [3.8, 4) is 5.75 Å². The van der Waals surface area contributed by atoms with Crippen molar-refractivity contribution in [2.45, 2.75) is 19.4 Å². The Bertz CT molecular complexity index is 789. The minimum absolute atomic E-state index is 0.0498. The van der Waals surface area contributed by atoms with Gasteiger partial charge >= 0.3 is 0 Å². The second kappa shape index (κ2) is 6.57. The third-order valence-corrected chi connectivity index (χ3v) is 3.75. The molecule has 0 aliphatic rings. The Hall–Kier alpha value is -2.75. The van der Waals surface area contributed by atoms with Gasteiger partial charge in [-0.25, -0.2) is 0 Å². The second-order valence-corrected chi connectivity index (χ2v) is 5.50. The lowest BCUT2D eigenvalue weighted by Gasteiger charge is -2.11. The van der Waals surface area contributed by atoms with E-state index in [-0.39, 0.29) is 11.9 Å². The molecule has 1 atom stereocenters. The van der Waals surface area contributed by atoms with Gasteiger partial charge in [0.15, 0.2) is 0 Å². The number of fused-ring (bicyclic) bond motifs is 1. The minimum Gasteiger partial charge on any atom is -0.497 e. The van der Waals surface area contributed by atoms with Crippen LogP contribution in [0.4, 0.5) is 0 Å². The zero-order valence-corrected chi connectivity index (χ0v) is 13.2. The Labute approximate surface area is 135 Å². The monoisotopic (exact) mass is 309 g/mol. The van der Waals surface area contributed by atoms with Crippen molar-refractivity contribution in [1.29, 1.82) is 0 Å². The maximum Gasteiger partial charge on any atom is 0.225 e. The van der Waals surface area contributed by atoms with Crippen molar-refractivity contribution in [3.63, 3.8) is 0 Å². The molecule has 118 valence electrons. The van der Waals surface area contributed by atoms with Gasteiger partial charge in [0.05, 0.1) is 19.6 Å². The third-order valence-electron chi connectivity index (χ3n) is 3.75. The van der Waals surface area contributed by atoms with E-state index in [0.29, 0.717) is 6.42 Å². The average molecular weight is 309 g/mol. The molecule has 3 rings (SSSR count). The minimum atomic E-state index is -0.180. The maximum absolute atomic E-state index is 12.2. The van der Waals surface area contributed by atoms with Crippen LogP contribution in [-0.2, 0) is 11.2 Å². The van der Waals surface area contributed by atoms with Gasteiger partial charge in [-0.15, -0.1) is 0 Å². The fourth-order valence-electron chi connectivity index (χ4n) is 2.55. The van der Waals surface area contributed by atoms with Gasteiger partial charge in [-0.3, -0.25) is 4.79 Å². The van der Waals surface area contributed by atoms with Crippen LogP contribution in [0, 0.1) is 0 Å². The van der Waals surface area contributed by atoms with Crippen molar-refractivity contribution in [2.75, 3.05) is 7.11 Å². The lowest BCUT2D eigenvalue weighted by atomic mass is 10.1. The normalized spacial score (nSPS) is 12.1. The molecule has 2 aromatic carbocycles. The predicted octanol–water partition coefficient (Wildman–Crippen LogP) is 3.86. The summed E-state index contributed by atoms with van der Waals surface area (Å²) in [6.07, 6.45) is 0.307. The second-order valence-electron chi connectivity index (χ2n) is 5.50. The van der Waals surface area contributed by atoms with E-state index in [9.17, 15) is 4.79 Å². The zero-order valence-electron chi connectivity index (χ0n) is 13.2. The van der Waals surface area contributed by atoms with Crippen molar-refractivity contribution >= 4 is 16.9 Å². The molecule has 1 N–H and O–H groups in total. The molecule has 1 unspecified atom stereocenters. The number of benzene rings is 2. The molecule has 1 heterocycles. The lowest BCUT2D eigenvalue weighted by Crippen LogP contribution is -2.27. The van der Waals surface area contributed by atoms with Gasteiger partial charge in [-0.1, -0.05) is 30.3 Å². The number of methoxy groups -OCH3 is 1. The Morgan fingerprint density at radius 1 is 1.17 bits per heavy atom. The maximum atomic E-state index is 12.2. The first-order valence-electron chi connectivity index (χ1n) is 7.56. The van der Waals surface area contributed by atoms with Gasteiger partial charge < -0.3 is 14.5 Å². The molecule has 0 aliphatic heterocycles. The van der Waals surface area contributed by atoms with Crippen LogP contribution >= 0.6 is 0 Å². The molecule has 4 heteroatoms. The molecule has 1 aromatic heterocycles. The van der Waals surface area contributed by atoms with Crippen LogP contribution in [0.2, 0.25) is 0 Å². The molecule has 1 amide bonds. The first-order valence-corrected chi connectivity index (χ1v) is 7.56. The van der Waals surface area contributed by atoms with Crippen molar-refractivity contribution in [1.82, 2.24) is 5.32 Å². The van der Waals surface area contributed by atoms with E-state index in [1.165, 1.54) is 0 Å². The Morgan fingerprint density at radius 3 is 2.78 bits per heavy atom. The number of rotatable bonds is 5. The van der Waals surface area contributed by atoms with Crippen LogP contribution in [-0.4, -0.2) is 13.0 Å². The molecule has 0 saturated heterocycles. The van der Waals surface area contributed by atoms with Gasteiger partial charge in [-0.2, -0.15) is 0 Å². The number of amides is 1. The topological polar surface area (TPSA) is 51.5 Å². The molecular weight excluding hydrogens is 290 g/mol. The summed E-state index contributed by atoms with van der Waals surface area (Å²) in [5.41, 5.74) is 1.75. The van der Waals surface area contributed by atoms with Gasteiger partial charge in [0.2, 0.25) is 5.91 Å². The van der Waals surface area contributed by atoms with E-state index in [1.54, 1.807) is 7.11 Å². The average Bonchev–Trinajstić information content (AvgIpc) is 2.99. The summed E-state index contributed by atoms with van der Waals surface area (Å²) < 4.78 is 11.0. The highest BCUT2D eigenvalue weighted by molar-refractivity contribution is 5.80. The number of hydrogen-bond donors (Lipinski definition) is 1. The molecular formula is C19H19NO3. The summed E-state index contributed by atoms with van der Waals surface area (Å²) in [6, 6.07) is 17.1. The van der Waals surface area contributed by atoms with E-state index >= 15 is 0 Å². The highest BCUT2D eigenvalue weighted by Gasteiger charge is 2.14. The number of carbonyl (C=O) groups is 1. The van der Waals surface area contributed by atoms with Crippen LogP contribution < -0.4 is 10.1 Å². The summed E-state index contributed by atoms with van der Waals surface area (Å²) >= 11 is 0. The van der Waals surface area contributed by atoms with Crippen molar-refractivity contribution in [2.24, 2.45) is 0 Å². The highest BCUT2D eigenvalue weighted by atomic mass is 16.5. The fraction of sp³-hybridized carbons (Fsp3) is 0.211. The highest BCUT2D eigenvalue weighted by Crippen LogP contribution is 2.23. The molecule has 0 aliphatic carbocycles. The van der Waals surface area contributed by atoms with Crippen LogP contribution in [0.15, 0.2) is 59.0 Å². The summed E-state index contributed by atoms with van der Waals surface area (Å²) in [6.45, 7) is 1.92. The molecule has 0 spiro atoms. The summed E-state index contributed by atoms with van der Waals surface area (Å²) in [4.78, 5) is 12.2. The van der Waals surface area contributed by atoms with E-state index in [2.05, 4.69) is 5.32 Å². The summed E-state index contributed by atoms with van der Waals surface area (Å²) in [7, 11) is 1.61. The predicted molar refractivity (Wildman–Crippen MR) is 89.5 cm³/mol. The number of furan rings is 1. The van der Waals surface area contributed by atoms with Gasteiger partial charge in [0, 0.05) is 5.39 Å². The van der Waals surface area contributed by atoms with Crippen LogP contribution in [0.1, 0.15) is 24.3 Å². The van der Waals surface area contributed by atoms with Crippen molar-refractivity contribution in [3.05, 3.63) is 65.9 Å². The first kappa shape index (κ1) is 15.2.